The number of ether oxygens (including phenoxy) is 1. The van der Waals surface area contributed by atoms with Gasteiger partial charge in [0.15, 0.2) is 16.1 Å². The third-order valence-corrected chi connectivity index (χ3v) is 22.0. The maximum Gasteiger partial charge on any atom is 0.188 e. The number of benzene rings is 8. The van der Waals surface area contributed by atoms with Gasteiger partial charge in [0.25, 0.3) is 0 Å². The van der Waals surface area contributed by atoms with Gasteiger partial charge in [-0.05, 0) is 59.7 Å². The maximum absolute atomic E-state index is 6.70. The molecular weight excluding hydrogens is 681 g/mol. The van der Waals surface area contributed by atoms with Crippen LogP contribution in [0.25, 0.3) is 20.2 Å². The molecule has 1 aliphatic heterocycles. The molecule has 4 heteroatoms. The van der Waals surface area contributed by atoms with Gasteiger partial charge in [0.1, 0.15) is 11.5 Å². The quantitative estimate of drug-likeness (QED) is 0.134. The highest BCUT2D eigenvalue weighted by Crippen LogP contribution is 2.34. The number of hydrogen-bond acceptors (Lipinski definition) is 2. The van der Waals surface area contributed by atoms with Crippen molar-refractivity contribution in [2.24, 2.45) is 0 Å². The summed E-state index contributed by atoms with van der Waals surface area (Å²) < 4.78 is 9.41. The summed E-state index contributed by atoms with van der Waals surface area (Å²) in [5, 5.41) is 13.5. The first-order valence-corrected chi connectivity index (χ1v) is 22.7. The number of rotatable bonds is 6. The zero-order valence-electron chi connectivity index (χ0n) is 28.4. The molecule has 8 aromatic carbocycles. The van der Waals surface area contributed by atoms with Gasteiger partial charge in [-0.25, -0.2) is 0 Å². The first kappa shape index (κ1) is 31.0. The summed E-state index contributed by atoms with van der Waals surface area (Å²) in [5.74, 6) is 1.90. The predicted molar refractivity (Wildman–Crippen MR) is 227 cm³/mol. The Balaban J connectivity index is 1.36. The average Bonchev–Trinajstić information content (AvgIpc) is 3.61. The molecule has 1 nitrogen and oxygen atoms in total. The van der Waals surface area contributed by atoms with Gasteiger partial charge in [-0.2, -0.15) is 0 Å². The topological polar surface area (TPSA) is 9.23 Å². The van der Waals surface area contributed by atoms with Crippen LogP contribution in [0.5, 0.6) is 11.5 Å². The minimum Gasteiger partial charge on any atom is -0.458 e. The molecule has 0 N–H and O–H groups in total. The van der Waals surface area contributed by atoms with Crippen molar-refractivity contribution >= 4 is 89.2 Å². The summed E-state index contributed by atoms with van der Waals surface area (Å²) in [6.45, 7) is 0. The molecule has 0 bridgehead atoms. The molecule has 246 valence electrons. The summed E-state index contributed by atoms with van der Waals surface area (Å²) in [6, 6.07) is 77.1. The Labute approximate surface area is 310 Å². The average molecular weight is 715 g/mol. The van der Waals surface area contributed by atoms with Gasteiger partial charge in [-0.3, -0.25) is 0 Å². The highest BCUT2D eigenvalue weighted by atomic mass is 32.1. The third kappa shape index (κ3) is 4.52. The molecule has 0 spiro atoms. The fourth-order valence-corrected chi connectivity index (χ4v) is 20.6. The normalized spacial score (nSPS) is 13.3. The van der Waals surface area contributed by atoms with E-state index in [2.05, 4.69) is 206 Å². The monoisotopic (exact) mass is 714 g/mol. The molecule has 0 unspecified atom stereocenters. The van der Waals surface area contributed by atoms with Crippen molar-refractivity contribution in [3.63, 3.8) is 0 Å². The standard InChI is InChI=1S/C48H34OSSi2/c1-4-18-35(19-5-1)51(36-20-6-2-7-21-36,47-33-17-27-41-40-26-10-13-30-44(40)50-48(41)47)38-24-16-25-39(34-38)52(37-22-8-3-9-23-37)45-31-14-11-28-42(45)49-43-29-12-15-32-46(43)52/h1-34H. The lowest BCUT2D eigenvalue weighted by Gasteiger charge is -2.41. The maximum atomic E-state index is 6.70. The highest BCUT2D eigenvalue weighted by molar-refractivity contribution is 7.31. The lowest BCUT2D eigenvalue weighted by atomic mass is 10.1. The smallest absolute Gasteiger partial charge is 0.188 e. The Morgan fingerprint density at radius 2 is 0.904 bits per heavy atom. The Hall–Kier alpha value is -5.79. The molecule has 0 radical (unpaired) electrons. The molecule has 9 aromatic rings. The van der Waals surface area contributed by atoms with E-state index in [-0.39, 0.29) is 0 Å². The predicted octanol–water partition coefficient (Wildman–Crippen LogP) is 6.92. The Morgan fingerprint density at radius 3 is 1.58 bits per heavy atom. The molecule has 0 saturated heterocycles. The molecule has 0 saturated carbocycles. The Kier molecular flexibility index (Phi) is 7.43. The van der Waals surface area contributed by atoms with Gasteiger partial charge in [-0.15, -0.1) is 11.3 Å². The van der Waals surface area contributed by atoms with Gasteiger partial charge in [0, 0.05) is 20.2 Å². The van der Waals surface area contributed by atoms with E-state index in [0.29, 0.717) is 0 Å². The van der Waals surface area contributed by atoms with Crippen molar-refractivity contribution in [3.05, 3.63) is 206 Å². The van der Waals surface area contributed by atoms with E-state index in [1.807, 2.05) is 11.3 Å². The molecule has 1 aromatic heterocycles. The molecular formula is C48H34OSSi2. The zero-order valence-corrected chi connectivity index (χ0v) is 31.3. The van der Waals surface area contributed by atoms with Crippen LogP contribution in [0.4, 0.5) is 0 Å². The first-order valence-electron chi connectivity index (χ1n) is 17.8. The van der Waals surface area contributed by atoms with Gasteiger partial charge in [0.05, 0.1) is 0 Å². The van der Waals surface area contributed by atoms with E-state index >= 15 is 0 Å². The minimum absolute atomic E-state index is 0.951. The van der Waals surface area contributed by atoms with Crippen LogP contribution in [0.15, 0.2) is 206 Å². The number of fused-ring (bicyclic) bond motifs is 5. The highest BCUT2D eigenvalue weighted by Gasteiger charge is 2.49. The summed E-state index contributed by atoms with van der Waals surface area (Å²) in [6.07, 6.45) is 0. The largest absolute Gasteiger partial charge is 0.458 e. The minimum atomic E-state index is -2.94. The van der Waals surface area contributed by atoms with Crippen LogP contribution in [0.3, 0.4) is 0 Å². The number of hydrogen-bond donors (Lipinski definition) is 0. The van der Waals surface area contributed by atoms with E-state index in [9.17, 15) is 0 Å². The molecule has 10 rings (SSSR count). The van der Waals surface area contributed by atoms with E-state index in [0.717, 1.165) is 11.5 Å². The second-order valence-electron chi connectivity index (χ2n) is 13.6. The van der Waals surface area contributed by atoms with Crippen LogP contribution in [0.1, 0.15) is 0 Å². The van der Waals surface area contributed by atoms with Crippen LogP contribution in [-0.2, 0) is 0 Å². The van der Waals surface area contributed by atoms with Crippen LogP contribution < -0.4 is 46.2 Å². The van der Waals surface area contributed by atoms with Crippen molar-refractivity contribution in [3.8, 4) is 11.5 Å². The van der Waals surface area contributed by atoms with Crippen LogP contribution in [0.2, 0.25) is 0 Å². The van der Waals surface area contributed by atoms with Crippen LogP contribution >= 0.6 is 11.3 Å². The molecule has 0 atom stereocenters. The van der Waals surface area contributed by atoms with E-state index in [1.165, 1.54) is 61.7 Å². The van der Waals surface area contributed by atoms with Crippen molar-refractivity contribution in [2.45, 2.75) is 0 Å². The Morgan fingerprint density at radius 1 is 0.404 bits per heavy atom. The molecule has 0 aliphatic carbocycles. The lowest BCUT2D eigenvalue weighted by molar-refractivity contribution is 0.487. The molecule has 52 heavy (non-hydrogen) atoms. The van der Waals surface area contributed by atoms with Crippen LogP contribution in [-0.4, -0.2) is 16.1 Å². The Bertz CT molecular complexity index is 2640. The molecule has 0 fully saturated rings. The third-order valence-electron chi connectivity index (χ3n) is 11.0. The van der Waals surface area contributed by atoms with Crippen molar-refractivity contribution in [2.75, 3.05) is 0 Å². The van der Waals surface area contributed by atoms with Crippen LogP contribution in [0, 0.1) is 0 Å². The summed E-state index contributed by atoms with van der Waals surface area (Å²) in [4.78, 5) is 0. The second-order valence-corrected chi connectivity index (χ2v) is 22.1. The van der Waals surface area contributed by atoms with E-state index in [1.54, 1.807) is 0 Å². The zero-order chi connectivity index (χ0) is 34.5. The van der Waals surface area contributed by atoms with Gasteiger partial charge in [0.2, 0.25) is 0 Å². The van der Waals surface area contributed by atoms with Crippen molar-refractivity contribution < 1.29 is 4.74 Å². The fraction of sp³-hybridized carbons (Fsp3) is 0. The molecule has 1 aliphatic rings. The van der Waals surface area contributed by atoms with Gasteiger partial charge >= 0.3 is 0 Å². The molecule has 0 amide bonds. The van der Waals surface area contributed by atoms with Gasteiger partial charge < -0.3 is 4.74 Å². The first-order chi connectivity index (χ1) is 25.8. The van der Waals surface area contributed by atoms with Crippen molar-refractivity contribution in [1.82, 2.24) is 0 Å². The van der Waals surface area contributed by atoms with E-state index < -0.39 is 16.1 Å². The van der Waals surface area contributed by atoms with Gasteiger partial charge in [-0.1, -0.05) is 188 Å². The lowest BCUT2D eigenvalue weighted by Crippen LogP contribution is -2.78. The number of para-hydroxylation sites is 2. The SMILES string of the molecule is c1ccc([Si]2(c3cccc([Si](c4ccccc4)(c4ccccc4)c4cccc5c4sc4ccccc45)c3)c3ccccc3Oc3ccccc32)cc1. The fourth-order valence-electron chi connectivity index (χ4n) is 8.84. The number of thiophene rings is 1. The summed E-state index contributed by atoms with van der Waals surface area (Å²) in [7, 11) is -5.81. The van der Waals surface area contributed by atoms with E-state index in [4.69, 9.17) is 4.74 Å². The summed E-state index contributed by atoms with van der Waals surface area (Å²) in [5.41, 5.74) is 0. The second kappa shape index (κ2) is 12.5. The molecule has 2 heterocycles. The van der Waals surface area contributed by atoms with Crippen molar-refractivity contribution in [1.29, 1.82) is 0 Å². The summed E-state index contributed by atoms with van der Waals surface area (Å²) >= 11 is 1.94.